The van der Waals surface area contributed by atoms with Gasteiger partial charge in [-0.1, -0.05) is 0 Å². The van der Waals surface area contributed by atoms with Crippen LogP contribution in [0.15, 0.2) is 15.9 Å². The van der Waals surface area contributed by atoms with Crippen molar-refractivity contribution in [1.82, 2.24) is 10.2 Å². The van der Waals surface area contributed by atoms with E-state index in [1.54, 1.807) is 11.3 Å². The number of ether oxygens (including phenoxy) is 1. The van der Waals surface area contributed by atoms with Crippen LogP contribution in [0.4, 0.5) is 0 Å². The van der Waals surface area contributed by atoms with Gasteiger partial charge in [0.25, 0.3) is 0 Å². The molecule has 2 heterocycles. The van der Waals surface area contributed by atoms with Crippen molar-refractivity contribution in [3.8, 4) is 0 Å². The van der Waals surface area contributed by atoms with Gasteiger partial charge < -0.3 is 10.1 Å². The molecule has 0 amide bonds. The number of thiophene rings is 1. The van der Waals surface area contributed by atoms with E-state index in [9.17, 15) is 0 Å². The van der Waals surface area contributed by atoms with Gasteiger partial charge in [-0.25, -0.2) is 0 Å². The van der Waals surface area contributed by atoms with Crippen molar-refractivity contribution in [2.75, 3.05) is 32.8 Å². The largest absolute Gasteiger partial charge is 0.379 e. The zero-order chi connectivity index (χ0) is 12.1. The SMILES string of the molecule is CC(CN1CCOCC1)NCc1cc(Br)cs1. The second kappa shape index (κ2) is 6.85. The fraction of sp³-hybridized carbons (Fsp3) is 0.667. The third-order valence-corrected chi connectivity index (χ3v) is 4.58. The molecule has 5 heteroatoms. The van der Waals surface area contributed by atoms with Crippen LogP contribution in [0.2, 0.25) is 0 Å². The van der Waals surface area contributed by atoms with E-state index in [2.05, 4.69) is 44.5 Å². The first kappa shape index (κ1) is 13.5. The number of nitrogens with zero attached hydrogens (tertiary/aromatic N) is 1. The molecule has 1 N–H and O–H groups in total. The van der Waals surface area contributed by atoms with Gasteiger partial charge in [0.05, 0.1) is 13.2 Å². The third-order valence-electron chi connectivity index (χ3n) is 2.88. The second-order valence-corrected chi connectivity index (χ2v) is 6.34. The molecule has 0 aliphatic carbocycles. The molecule has 0 aromatic carbocycles. The Kier molecular flexibility index (Phi) is 5.44. The summed E-state index contributed by atoms with van der Waals surface area (Å²) < 4.78 is 6.53. The first-order valence-corrected chi connectivity index (χ1v) is 7.67. The molecule has 1 unspecified atom stereocenters. The highest BCUT2D eigenvalue weighted by atomic mass is 79.9. The van der Waals surface area contributed by atoms with Gasteiger partial charge in [-0.2, -0.15) is 0 Å². The molecule has 1 fully saturated rings. The van der Waals surface area contributed by atoms with Gasteiger partial charge >= 0.3 is 0 Å². The molecule has 3 nitrogen and oxygen atoms in total. The summed E-state index contributed by atoms with van der Waals surface area (Å²) in [4.78, 5) is 3.84. The smallest absolute Gasteiger partial charge is 0.0594 e. The van der Waals surface area contributed by atoms with Crippen LogP contribution in [0.25, 0.3) is 0 Å². The number of nitrogens with one attached hydrogen (secondary N) is 1. The van der Waals surface area contributed by atoms with Gasteiger partial charge in [0.15, 0.2) is 0 Å². The van der Waals surface area contributed by atoms with Gasteiger partial charge in [-0.15, -0.1) is 11.3 Å². The maximum Gasteiger partial charge on any atom is 0.0594 e. The van der Waals surface area contributed by atoms with E-state index in [1.165, 1.54) is 9.35 Å². The number of morpholine rings is 1. The maximum absolute atomic E-state index is 5.35. The summed E-state index contributed by atoms with van der Waals surface area (Å²) in [5, 5.41) is 5.70. The molecule has 0 saturated carbocycles. The van der Waals surface area contributed by atoms with Crippen molar-refractivity contribution >= 4 is 27.3 Å². The molecule has 96 valence electrons. The molecular formula is C12H19BrN2OS. The van der Waals surface area contributed by atoms with Crippen LogP contribution in [0.3, 0.4) is 0 Å². The predicted molar refractivity (Wildman–Crippen MR) is 75.6 cm³/mol. The number of halogens is 1. The van der Waals surface area contributed by atoms with E-state index in [0.29, 0.717) is 6.04 Å². The van der Waals surface area contributed by atoms with E-state index in [-0.39, 0.29) is 0 Å². The summed E-state index contributed by atoms with van der Waals surface area (Å²) in [7, 11) is 0. The van der Waals surface area contributed by atoms with Crippen molar-refractivity contribution in [2.24, 2.45) is 0 Å². The Labute approximate surface area is 115 Å². The molecule has 2 rings (SSSR count). The van der Waals surface area contributed by atoms with Crippen molar-refractivity contribution in [3.05, 3.63) is 20.8 Å². The molecule has 1 aliphatic heterocycles. The normalized spacial score (nSPS) is 19.4. The highest BCUT2D eigenvalue weighted by Crippen LogP contribution is 2.19. The maximum atomic E-state index is 5.35. The van der Waals surface area contributed by atoms with Crippen LogP contribution in [0.5, 0.6) is 0 Å². The minimum absolute atomic E-state index is 0.522. The van der Waals surface area contributed by atoms with Crippen LogP contribution in [-0.4, -0.2) is 43.8 Å². The molecule has 1 atom stereocenters. The summed E-state index contributed by atoms with van der Waals surface area (Å²) in [6.45, 7) is 8.21. The molecular weight excluding hydrogens is 300 g/mol. The van der Waals surface area contributed by atoms with E-state index >= 15 is 0 Å². The van der Waals surface area contributed by atoms with Gasteiger partial charge in [0, 0.05) is 47.0 Å². The Bertz CT molecular complexity index is 339. The molecule has 0 bridgehead atoms. The highest BCUT2D eigenvalue weighted by Gasteiger charge is 2.13. The summed E-state index contributed by atoms with van der Waals surface area (Å²) in [6.07, 6.45) is 0. The summed E-state index contributed by atoms with van der Waals surface area (Å²) >= 11 is 5.27. The minimum atomic E-state index is 0.522. The molecule has 1 aliphatic rings. The summed E-state index contributed by atoms with van der Waals surface area (Å²) in [5.74, 6) is 0. The van der Waals surface area contributed by atoms with E-state index < -0.39 is 0 Å². The standard InChI is InChI=1S/C12H19BrN2OS/c1-10(8-15-2-4-16-5-3-15)14-7-12-6-11(13)9-17-12/h6,9-10,14H,2-5,7-8H2,1H3. The lowest BCUT2D eigenvalue weighted by Crippen LogP contribution is -2.44. The zero-order valence-electron chi connectivity index (χ0n) is 10.1. The molecule has 1 aromatic heterocycles. The molecule has 17 heavy (non-hydrogen) atoms. The Balaban J connectivity index is 1.68. The summed E-state index contributed by atoms with van der Waals surface area (Å²) in [6, 6.07) is 2.70. The van der Waals surface area contributed by atoms with Crippen LogP contribution in [-0.2, 0) is 11.3 Å². The van der Waals surface area contributed by atoms with Gasteiger partial charge in [0.2, 0.25) is 0 Å². The minimum Gasteiger partial charge on any atom is -0.379 e. The van der Waals surface area contributed by atoms with Crippen molar-refractivity contribution in [3.63, 3.8) is 0 Å². The Morgan fingerprint density at radius 1 is 1.53 bits per heavy atom. The molecule has 1 aromatic rings. The second-order valence-electron chi connectivity index (χ2n) is 4.43. The van der Waals surface area contributed by atoms with Gasteiger partial charge in [-0.05, 0) is 28.9 Å². The number of hydrogen-bond acceptors (Lipinski definition) is 4. The lowest BCUT2D eigenvalue weighted by atomic mass is 10.3. The Morgan fingerprint density at radius 3 is 2.94 bits per heavy atom. The Morgan fingerprint density at radius 2 is 2.29 bits per heavy atom. The van der Waals surface area contributed by atoms with Crippen LogP contribution >= 0.6 is 27.3 Å². The average Bonchev–Trinajstić information content (AvgIpc) is 2.74. The molecule has 1 saturated heterocycles. The lowest BCUT2D eigenvalue weighted by molar-refractivity contribution is 0.0343. The average molecular weight is 319 g/mol. The summed E-state index contributed by atoms with van der Waals surface area (Å²) in [5.41, 5.74) is 0. The van der Waals surface area contributed by atoms with Crippen molar-refractivity contribution in [1.29, 1.82) is 0 Å². The highest BCUT2D eigenvalue weighted by molar-refractivity contribution is 9.10. The molecule has 0 radical (unpaired) electrons. The van der Waals surface area contributed by atoms with Gasteiger partial charge in [-0.3, -0.25) is 4.90 Å². The molecule has 0 spiro atoms. The van der Waals surface area contributed by atoms with Crippen molar-refractivity contribution < 1.29 is 4.74 Å². The first-order chi connectivity index (χ1) is 8.24. The van der Waals surface area contributed by atoms with E-state index in [0.717, 1.165) is 39.4 Å². The number of hydrogen-bond donors (Lipinski definition) is 1. The zero-order valence-corrected chi connectivity index (χ0v) is 12.5. The van der Waals surface area contributed by atoms with E-state index in [4.69, 9.17) is 4.74 Å². The van der Waals surface area contributed by atoms with Gasteiger partial charge in [0.1, 0.15) is 0 Å². The van der Waals surface area contributed by atoms with Crippen LogP contribution < -0.4 is 5.32 Å². The number of rotatable bonds is 5. The fourth-order valence-corrected chi connectivity index (χ4v) is 3.36. The lowest BCUT2D eigenvalue weighted by Gasteiger charge is -2.29. The topological polar surface area (TPSA) is 24.5 Å². The Hall–Kier alpha value is 0.0600. The van der Waals surface area contributed by atoms with E-state index in [1.807, 2.05) is 0 Å². The van der Waals surface area contributed by atoms with Crippen LogP contribution in [0.1, 0.15) is 11.8 Å². The third kappa shape index (κ3) is 4.67. The van der Waals surface area contributed by atoms with Crippen molar-refractivity contribution in [2.45, 2.75) is 19.5 Å². The van der Waals surface area contributed by atoms with Crippen LogP contribution in [0, 0.1) is 0 Å². The monoisotopic (exact) mass is 318 g/mol. The predicted octanol–water partition coefficient (Wildman–Crippen LogP) is 2.32. The quantitative estimate of drug-likeness (QED) is 0.901. The first-order valence-electron chi connectivity index (χ1n) is 6.00. The fourth-order valence-electron chi connectivity index (χ4n) is 1.96.